The quantitative estimate of drug-likeness (QED) is 0.703. The van der Waals surface area contributed by atoms with Crippen LogP contribution < -0.4 is 10.6 Å². The van der Waals surface area contributed by atoms with Gasteiger partial charge in [-0.2, -0.15) is 0 Å². The van der Waals surface area contributed by atoms with Crippen LogP contribution in [0.4, 0.5) is 17.1 Å². The number of rotatable bonds is 5. The standard InChI is InChI=1S/C18H19N3/c1-2-9-20-17-11-18(13-19-12-17)21-16-8-7-14-5-3-4-6-15(14)10-16/h3-8,10-13,20-21H,2,9H2,1H3. The summed E-state index contributed by atoms with van der Waals surface area (Å²) in [4.78, 5) is 4.27. The molecule has 0 aliphatic carbocycles. The predicted molar refractivity (Wildman–Crippen MR) is 90.2 cm³/mol. The second kappa shape index (κ2) is 6.27. The molecule has 1 heterocycles. The highest BCUT2D eigenvalue weighted by Crippen LogP contribution is 2.23. The molecule has 0 spiro atoms. The van der Waals surface area contributed by atoms with Crippen LogP contribution in [0.2, 0.25) is 0 Å². The molecule has 3 rings (SSSR count). The number of nitrogens with zero attached hydrogens (tertiary/aromatic N) is 1. The lowest BCUT2D eigenvalue weighted by molar-refractivity contribution is 0.978. The van der Waals surface area contributed by atoms with Gasteiger partial charge < -0.3 is 10.6 Å². The number of nitrogens with one attached hydrogen (secondary N) is 2. The second-order valence-electron chi connectivity index (χ2n) is 5.08. The van der Waals surface area contributed by atoms with Gasteiger partial charge in [-0.1, -0.05) is 37.3 Å². The van der Waals surface area contributed by atoms with E-state index in [4.69, 9.17) is 0 Å². The first-order valence-electron chi connectivity index (χ1n) is 7.30. The van der Waals surface area contributed by atoms with Gasteiger partial charge >= 0.3 is 0 Å². The summed E-state index contributed by atoms with van der Waals surface area (Å²) < 4.78 is 0. The molecular formula is C18H19N3. The van der Waals surface area contributed by atoms with Crippen LogP contribution in [-0.4, -0.2) is 11.5 Å². The molecule has 0 bridgehead atoms. The Hall–Kier alpha value is -2.55. The zero-order valence-corrected chi connectivity index (χ0v) is 12.1. The van der Waals surface area contributed by atoms with Crippen LogP contribution in [0, 0.1) is 0 Å². The Kier molecular flexibility index (Phi) is 4.01. The molecule has 0 fully saturated rings. The minimum Gasteiger partial charge on any atom is -0.384 e. The maximum atomic E-state index is 4.27. The van der Waals surface area contributed by atoms with Crippen LogP contribution >= 0.6 is 0 Å². The fourth-order valence-corrected chi connectivity index (χ4v) is 2.31. The van der Waals surface area contributed by atoms with E-state index in [1.54, 1.807) is 0 Å². The van der Waals surface area contributed by atoms with E-state index in [0.717, 1.165) is 30.0 Å². The van der Waals surface area contributed by atoms with Gasteiger partial charge in [-0.15, -0.1) is 0 Å². The van der Waals surface area contributed by atoms with E-state index in [-0.39, 0.29) is 0 Å². The van der Waals surface area contributed by atoms with Gasteiger partial charge in [0.05, 0.1) is 23.8 Å². The van der Waals surface area contributed by atoms with Crippen molar-refractivity contribution in [3.8, 4) is 0 Å². The van der Waals surface area contributed by atoms with Crippen molar-refractivity contribution < 1.29 is 0 Å². The summed E-state index contributed by atoms with van der Waals surface area (Å²) in [7, 11) is 0. The molecular weight excluding hydrogens is 258 g/mol. The summed E-state index contributed by atoms with van der Waals surface area (Å²) in [6.07, 6.45) is 4.79. The SMILES string of the molecule is CCCNc1cncc(Nc2ccc3ccccc3c2)c1. The van der Waals surface area contributed by atoms with Crippen LogP contribution in [-0.2, 0) is 0 Å². The Balaban J connectivity index is 1.81. The van der Waals surface area contributed by atoms with Crippen LogP contribution in [0.25, 0.3) is 10.8 Å². The minimum atomic E-state index is 0.959. The molecule has 0 saturated carbocycles. The maximum absolute atomic E-state index is 4.27. The van der Waals surface area contributed by atoms with Gasteiger partial charge in [0.25, 0.3) is 0 Å². The summed E-state index contributed by atoms with van der Waals surface area (Å²) in [5, 5.41) is 9.24. The molecule has 106 valence electrons. The average molecular weight is 277 g/mol. The van der Waals surface area contributed by atoms with Gasteiger partial charge in [0, 0.05) is 12.2 Å². The summed E-state index contributed by atoms with van der Waals surface area (Å²) >= 11 is 0. The molecule has 0 saturated heterocycles. The van der Waals surface area contributed by atoms with E-state index in [9.17, 15) is 0 Å². The van der Waals surface area contributed by atoms with Crippen LogP contribution in [0.3, 0.4) is 0 Å². The molecule has 2 aromatic carbocycles. The van der Waals surface area contributed by atoms with E-state index in [2.05, 4.69) is 71.1 Å². The van der Waals surface area contributed by atoms with Crippen LogP contribution in [0.15, 0.2) is 60.9 Å². The third-order valence-corrected chi connectivity index (χ3v) is 3.36. The Labute approximate surface area is 125 Å². The third-order valence-electron chi connectivity index (χ3n) is 3.36. The van der Waals surface area contributed by atoms with E-state index in [1.165, 1.54) is 10.8 Å². The molecule has 21 heavy (non-hydrogen) atoms. The lowest BCUT2D eigenvalue weighted by atomic mass is 10.1. The molecule has 0 amide bonds. The van der Waals surface area contributed by atoms with E-state index in [1.807, 2.05) is 12.4 Å². The number of aromatic nitrogens is 1. The van der Waals surface area contributed by atoms with Crippen molar-refractivity contribution in [2.75, 3.05) is 17.2 Å². The first-order chi connectivity index (χ1) is 10.3. The van der Waals surface area contributed by atoms with E-state index < -0.39 is 0 Å². The predicted octanol–water partition coefficient (Wildman–Crippen LogP) is 4.80. The smallest absolute Gasteiger partial charge is 0.0591 e. The minimum absolute atomic E-state index is 0.959. The average Bonchev–Trinajstić information content (AvgIpc) is 2.53. The first-order valence-corrected chi connectivity index (χ1v) is 7.30. The normalized spacial score (nSPS) is 10.5. The largest absolute Gasteiger partial charge is 0.384 e. The van der Waals surface area contributed by atoms with Crippen molar-refractivity contribution in [2.45, 2.75) is 13.3 Å². The zero-order valence-electron chi connectivity index (χ0n) is 12.1. The summed E-state index contributed by atoms with van der Waals surface area (Å²) in [6.45, 7) is 3.11. The Bertz CT molecular complexity index is 737. The van der Waals surface area contributed by atoms with E-state index >= 15 is 0 Å². The number of fused-ring (bicyclic) bond motifs is 1. The number of hydrogen-bond donors (Lipinski definition) is 2. The lowest BCUT2D eigenvalue weighted by Crippen LogP contribution is -2.00. The molecule has 0 atom stereocenters. The highest BCUT2D eigenvalue weighted by molar-refractivity contribution is 5.86. The topological polar surface area (TPSA) is 37.0 Å². The Morgan fingerprint density at radius 2 is 1.67 bits per heavy atom. The van der Waals surface area contributed by atoms with Gasteiger partial charge in [-0.05, 0) is 35.4 Å². The first kappa shape index (κ1) is 13.4. The Morgan fingerprint density at radius 3 is 2.52 bits per heavy atom. The summed E-state index contributed by atoms with van der Waals surface area (Å²) in [5.74, 6) is 0. The van der Waals surface area contributed by atoms with Crippen LogP contribution in [0.1, 0.15) is 13.3 Å². The van der Waals surface area contributed by atoms with Gasteiger partial charge in [-0.25, -0.2) is 0 Å². The van der Waals surface area contributed by atoms with Crippen molar-refractivity contribution in [1.29, 1.82) is 0 Å². The van der Waals surface area contributed by atoms with Crippen molar-refractivity contribution in [3.63, 3.8) is 0 Å². The molecule has 3 heteroatoms. The lowest BCUT2D eigenvalue weighted by Gasteiger charge is -2.10. The fourth-order valence-electron chi connectivity index (χ4n) is 2.31. The van der Waals surface area contributed by atoms with Gasteiger partial charge in [0.1, 0.15) is 0 Å². The summed E-state index contributed by atoms with van der Waals surface area (Å²) in [6, 6.07) is 16.8. The van der Waals surface area contributed by atoms with Crippen molar-refractivity contribution in [3.05, 3.63) is 60.9 Å². The highest BCUT2D eigenvalue weighted by Gasteiger charge is 1.99. The number of benzene rings is 2. The maximum Gasteiger partial charge on any atom is 0.0591 e. The van der Waals surface area contributed by atoms with Crippen LogP contribution in [0.5, 0.6) is 0 Å². The highest BCUT2D eigenvalue weighted by atomic mass is 14.9. The van der Waals surface area contributed by atoms with Crippen molar-refractivity contribution in [2.24, 2.45) is 0 Å². The number of hydrogen-bond acceptors (Lipinski definition) is 3. The molecule has 3 aromatic rings. The van der Waals surface area contributed by atoms with Gasteiger partial charge in [0.15, 0.2) is 0 Å². The van der Waals surface area contributed by atoms with Gasteiger partial charge in [0.2, 0.25) is 0 Å². The Morgan fingerprint density at radius 1 is 0.857 bits per heavy atom. The zero-order chi connectivity index (χ0) is 14.5. The second-order valence-corrected chi connectivity index (χ2v) is 5.08. The molecule has 0 aliphatic rings. The van der Waals surface area contributed by atoms with Crippen molar-refractivity contribution in [1.82, 2.24) is 4.98 Å². The monoisotopic (exact) mass is 277 g/mol. The summed E-state index contributed by atoms with van der Waals surface area (Å²) in [5.41, 5.74) is 3.11. The molecule has 0 aliphatic heterocycles. The molecule has 1 aromatic heterocycles. The number of pyridine rings is 1. The molecule has 3 nitrogen and oxygen atoms in total. The van der Waals surface area contributed by atoms with E-state index in [0.29, 0.717) is 0 Å². The molecule has 0 radical (unpaired) electrons. The van der Waals surface area contributed by atoms with Crippen molar-refractivity contribution >= 4 is 27.8 Å². The third kappa shape index (κ3) is 3.31. The fraction of sp³-hybridized carbons (Fsp3) is 0.167. The molecule has 2 N–H and O–H groups in total. The number of anilines is 3. The molecule has 0 unspecified atom stereocenters. The van der Waals surface area contributed by atoms with Gasteiger partial charge in [-0.3, -0.25) is 4.98 Å².